The van der Waals surface area contributed by atoms with Gasteiger partial charge in [0.2, 0.25) is 0 Å². The second-order valence-electron chi connectivity index (χ2n) is 6.12. The zero-order chi connectivity index (χ0) is 12.1. The highest BCUT2D eigenvalue weighted by molar-refractivity contribution is 5.15. The van der Waals surface area contributed by atoms with E-state index in [2.05, 4.69) is 44.2 Å². The maximum absolute atomic E-state index is 2.37. The second kappa shape index (κ2) is 6.23. The molecule has 0 heteroatoms. The SMILES string of the molecule is CC(C)CC1CCCCC1Cc1ccccc1. The molecular formula is C17H26. The minimum absolute atomic E-state index is 0.858. The van der Waals surface area contributed by atoms with Gasteiger partial charge in [-0.05, 0) is 42.6 Å². The Morgan fingerprint density at radius 2 is 1.65 bits per heavy atom. The van der Waals surface area contributed by atoms with Crippen molar-refractivity contribution in [1.29, 1.82) is 0 Å². The van der Waals surface area contributed by atoms with Crippen molar-refractivity contribution in [3.8, 4) is 0 Å². The first-order chi connectivity index (χ1) is 8.25. The van der Waals surface area contributed by atoms with Crippen LogP contribution in [0.1, 0.15) is 51.5 Å². The summed E-state index contributed by atoms with van der Waals surface area (Å²) in [6, 6.07) is 11.1. The van der Waals surface area contributed by atoms with Crippen molar-refractivity contribution in [3.05, 3.63) is 35.9 Å². The lowest BCUT2D eigenvalue weighted by Crippen LogP contribution is -2.23. The summed E-state index contributed by atoms with van der Waals surface area (Å²) in [5.41, 5.74) is 1.54. The number of rotatable bonds is 4. The zero-order valence-electron chi connectivity index (χ0n) is 11.4. The summed E-state index contributed by atoms with van der Waals surface area (Å²) in [7, 11) is 0. The Labute approximate surface area is 106 Å². The minimum atomic E-state index is 0.858. The van der Waals surface area contributed by atoms with Crippen molar-refractivity contribution in [1.82, 2.24) is 0 Å². The molecule has 0 aliphatic heterocycles. The summed E-state index contributed by atoms with van der Waals surface area (Å²) < 4.78 is 0. The molecular weight excluding hydrogens is 204 g/mol. The molecule has 17 heavy (non-hydrogen) atoms. The maximum atomic E-state index is 2.37. The van der Waals surface area contributed by atoms with E-state index < -0.39 is 0 Å². The lowest BCUT2D eigenvalue weighted by molar-refractivity contribution is 0.203. The van der Waals surface area contributed by atoms with Gasteiger partial charge in [0.25, 0.3) is 0 Å². The molecule has 0 bridgehead atoms. The van der Waals surface area contributed by atoms with Crippen LogP contribution in [-0.2, 0) is 6.42 Å². The molecule has 0 radical (unpaired) electrons. The Morgan fingerprint density at radius 1 is 1.00 bits per heavy atom. The highest BCUT2D eigenvalue weighted by Crippen LogP contribution is 2.36. The fourth-order valence-corrected chi connectivity index (χ4v) is 3.39. The van der Waals surface area contributed by atoms with Gasteiger partial charge in [0.05, 0.1) is 0 Å². The fraction of sp³-hybridized carbons (Fsp3) is 0.647. The van der Waals surface area contributed by atoms with Crippen LogP contribution in [-0.4, -0.2) is 0 Å². The van der Waals surface area contributed by atoms with Crippen LogP contribution in [0.3, 0.4) is 0 Å². The predicted molar refractivity (Wildman–Crippen MR) is 75.0 cm³/mol. The van der Waals surface area contributed by atoms with Crippen LogP contribution in [0.4, 0.5) is 0 Å². The quantitative estimate of drug-likeness (QED) is 0.676. The molecule has 2 unspecified atom stereocenters. The van der Waals surface area contributed by atoms with Gasteiger partial charge in [-0.1, -0.05) is 63.4 Å². The molecule has 0 heterocycles. The molecule has 2 atom stereocenters. The molecule has 1 aliphatic carbocycles. The summed E-state index contributed by atoms with van der Waals surface area (Å²) in [6.07, 6.45) is 8.56. The van der Waals surface area contributed by atoms with Crippen molar-refractivity contribution in [2.75, 3.05) is 0 Å². The van der Waals surface area contributed by atoms with Crippen LogP contribution in [0.2, 0.25) is 0 Å². The van der Waals surface area contributed by atoms with Crippen LogP contribution in [0.5, 0.6) is 0 Å². The molecule has 1 fully saturated rings. The average Bonchev–Trinajstić information content (AvgIpc) is 2.32. The van der Waals surface area contributed by atoms with Gasteiger partial charge in [-0.3, -0.25) is 0 Å². The van der Waals surface area contributed by atoms with Gasteiger partial charge >= 0.3 is 0 Å². The number of hydrogen-bond donors (Lipinski definition) is 0. The topological polar surface area (TPSA) is 0 Å². The molecule has 2 rings (SSSR count). The van der Waals surface area contributed by atoms with Crippen LogP contribution >= 0.6 is 0 Å². The highest BCUT2D eigenvalue weighted by atomic mass is 14.3. The van der Waals surface area contributed by atoms with Crippen molar-refractivity contribution in [3.63, 3.8) is 0 Å². The summed E-state index contributed by atoms with van der Waals surface area (Å²) in [4.78, 5) is 0. The molecule has 1 aromatic rings. The van der Waals surface area contributed by atoms with Gasteiger partial charge in [0, 0.05) is 0 Å². The van der Waals surface area contributed by atoms with Crippen LogP contribution in [0.15, 0.2) is 30.3 Å². The van der Waals surface area contributed by atoms with Crippen LogP contribution < -0.4 is 0 Å². The smallest absolute Gasteiger partial charge is 0.0248 e. The van der Waals surface area contributed by atoms with E-state index in [-0.39, 0.29) is 0 Å². The molecule has 0 N–H and O–H groups in total. The zero-order valence-corrected chi connectivity index (χ0v) is 11.4. The fourth-order valence-electron chi connectivity index (χ4n) is 3.39. The first-order valence-electron chi connectivity index (χ1n) is 7.29. The van der Waals surface area contributed by atoms with Crippen molar-refractivity contribution < 1.29 is 0 Å². The molecule has 0 nitrogen and oxygen atoms in total. The molecule has 0 spiro atoms. The van der Waals surface area contributed by atoms with E-state index in [1.807, 2.05) is 0 Å². The average molecular weight is 230 g/mol. The first kappa shape index (κ1) is 12.7. The molecule has 0 aromatic heterocycles. The lowest BCUT2D eigenvalue weighted by atomic mass is 9.73. The molecule has 0 saturated heterocycles. The standard InChI is InChI=1S/C17H26/c1-14(2)12-16-10-6-7-11-17(16)13-15-8-4-3-5-9-15/h3-5,8-9,14,16-17H,6-7,10-13H2,1-2H3. The van der Waals surface area contributed by atoms with Crippen molar-refractivity contribution >= 4 is 0 Å². The third-order valence-corrected chi connectivity index (χ3v) is 4.18. The Morgan fingerprint density at radius 3 is 2.29 bits per heavy atom. The van der Waals surface area contributed by atoms with Gasteiger partial charge in [-0.2, -0.15) is 0 Å². The Bertz CT molecular complexity index is 312. The van der Waals surface area contributed by atoms with Gasteiger partial charge in [0.15, 0.2) is 0 Å². The molecule has 1 saturated carbocycles. The van der Waals surface area contributed by atoms with Gasteiger partial charge in [-0.25, -0.2) is 0 Å². The summed E-state index contributed by atoms with van der Waals surface area (Å²) in [5.74, 6) is 2.77. The second-order valence-corrected chi connectivity index (χ2v) is 6.12. The molecule has 1 aliphatic rings. The largest absolute Gasteiger partial charge is 0.0628 e. The lowest BCUT2D eigenvalue weighted by Gasteiger charge is -2.33. The van der Waals surface area contributed by atoms with E-state index in [0.717, 1.165) is 17.8 Å². The summed E-state index contributed by atoms with van der Waals surface area (Å²) in [5, 5.41) is 0. The van der Waals surface area contributed by atoms with Crippen LogP contribution in [0.25, 0.3) is 0 Å². The minimum Gasteiger partial charge on any atom is -0.0628 e. The third kappa shape index (κ3) is 3.87. The van der Waals surface area contributed by atoms with Crippen molar-refractivity contribution in [2.24, 2.45) is 17.8 Å². The first-order valence-corrected chi connectivity index (χ1v) is 7.29. The molecule has 0 amide bonds. The van der Waals surface area contributed by atoms with E-state index >= 15 is 0 Å². The Hall–Kier alpha value is -0.780. The van der Waals surface area contributed by atoms with E-state index in [0.29, 0.717) is 0 Å². The normalized spacial score (nSPS) is 25.1. The van der Waals surface area contributed by atoms with Gasteiger partial charge in [-0.15, -0.1) is 0 Å². The summed E-state index contributed by atoms with van der Waals surface area (Å²) in [6.45, 7) is 4.74. The van der Waals surface area contributed by atoms with Gasteiger partial charge in [0.1, 0.15) is 0 Å². The number of hydrogen-bond acceptors (Lipinski definition) is 0. The number of benzene rings is 1. The van der Waals surface area contributed by atoms with Crippen LogP contribution in [0, 0.1) is 17.8 Å². The Balaban J connectivity index is 1.96. The maximum Gasteiger partial charge on any atom is -0.0248 e. The summed E-state index contributed by atoms with van der Waals surface area (Å²) >= 11 is 0. The van der Waals surface area contributed by atoms with E-state index in [4.69, 9.17) is 0 Å². The Kier molecular flexibility index (Phi) is 4.65. The van der Waals surface area contributed by atoms with E-state index in [1.54, 1.807) is 0 Å². The molecule has 94 valence electrons. The molecule has 1 aromatic carbocycles. The van der Waals surface area contributed by atoms with Gasteiger partial charge < -0.3 is 0 Å². The van der Waals surface area contributed by atoms with E-state index in [9.17, 15) is 0 Å². The predicted octanol–water partition coefficient (Wildman–Crippen LogP) is 5.08. The van der Waals surface area contributed by atoms with Crippen molar-refractivity contribution in [2.45, 2.75) is 52.4 Å². The monoisotopic (exact) mass is 230 g/mol. The third-order valence-electron chi connectivity index (χ3n) is 4.18. The highest BCUT2D eigenvalue weighted by Gasteiger charge is 2.25. The van der Waals surface area contributed by atoms with E-state index in [1.165, 1.54) is 44.1 Å².